The van der Waals surface area contributed by atoms with Gasteiger partial charge in [0.1, 0.15) is 11.5 Å². The van der Waals surface area contributed by atoms with Gasteiger partial charge in [-0.25, -0.2) is 0 Å². The van der Waals surface area contributed by atoms with Crippen molar-refractivity contribution in [3.05, 3.63) is 52.0 Å². The molecule has 0 aliphatic carbocycles. The van der Waals surface area contributed by atoms with Crippen LogP contribution in [-0.2, 0) is 4.79 Å². The molecule has 0 heterocycles. The summed E-state index contributed by atoms with van der Waals surface area (Å²) in [6.45, 7) is 6.14. The number of amides is 1. The molecule has 2 aromatic rings. The van der Waals surface area contributed by atoms with Crippen molar-refractivity contribution in [2.24, 2.45) is 0 Å². The zero-order valence-corrected chi connectivity index (χ0v) is 15.9. The summed E-state index contributed by atoms with van der Waals surface area (Å²) in [5, 5.41) is 2.82. The smallest absolute Gasteiger partial charge is 0.262 e. The number of nitrogens with one attached hydrogen (secondary N) is 1. The summed E-state index contributed by atoms with van der Waals surface area (Å²) in [5.41, 5.74) is 2.89. The average molecular weight is 392 g/mol. The molecule has 1 amide bonds. The number of methoxy groups -OCH3 is 1. The van der Waals surface area contributed by atoms with E-state index in [9.17, 15) is 4.79 Å². The number of hydrogen-bond acceptors (Lipinski definition) is 3. The van der Waals surface area contributed by atoms with Crippen LogP contribution >= 0.6 is 15.9 Å². The first-order valence-electron chi connectivity index (χ1n) is 7.77. The molecule has 0 spiro atoms. The molecule has 24 heavy (non-hydrogen) atoms. The van der Waals surface area contributed by atoms with E-state index in [-0.39, 0.29) is 12.5 Å². The third-order valence-corrected chi connectivity index (χ3v) is 4.23. The Morgan fingerprint density at radius 2 is 1.88 bits per heavy atom. The molecule has 0 fully saturated rings. The first kappa shape index (κ1) is 18.3. The molecule has 0 saturated carbocycles. The number of aryl methyl sites for hydroxylation is 1. The highest BCUT2D eigenvalue weighted by molar-refractivity contribution is 9.10. The van der Waals surface area contributed by atoms with Gasteiger partial charge >= 0.3 is 0 Å². The highest BCUT2D eigenvalue weighted by Gasteiger charge is 2.10. The summed E-state index contributed by atoms with van der Waals surface area (Å²) in [4.78, 5) is 12.1. The highest BCUT2D eigenvalue weighted by Crippen LogP contribution is 2.29. The summed E-state index contributed by atoms with van der Waals surface area (Å²) in [5.74, 6) is 1.47. The maximum Gasteiger partial charge on any atom is 0.262 e. The summed E-state index contributed by atoms with van der Waals surface area (Å²) >= 11 is 3.49. The van der Waals surface area contributed by atoms with Crippen molar-refractivity contribution in [2.45, 2.75) is 26.7 Å². The van der Waals surface area contributed by atoms with E-state index in [0.717, 1.165) is 10.0 Å². The Hall–Kier alpha value is -2.01. The van der Waals surface area contributed by atoms with Crippen LogP contribution in [0.5, 0.6) is 11.5 Å². The van der Waals surface area contributed by atoms with Crippen LogP contribution in [0.2, 0.25) is 0 Å². The molecule has 0 aliphatic heterocycles. The Labute approximate surface area is 151 Å². The van der Waals surface area contributed by atoms with Crippen LogP contribution in [-0.4, -0.2) is 19.6 Å². The molecular weight excluding hydrogens is 370 g/mol. The van der Waals surface area contributed by atoms with Crippen LogP contribution in [0.3, 0.4) is 0 Å². The van der Waals surface area contributed by atoms with E-state index >= 15 is 0 Å². The van der Waals surface area contributed by atoms with E-state index in [0.29, 0.717) is 23.1 Å². The lowest BCUT2D eigenvalue weighted by molar-refractivity contribution is -0.118. The number of anilines is 1. The lowest BCUT2D eigenvalue weighted by Gasteiger charge is -2.13. The first-order chi connectivity index (χ1) is 11.4. The predicted octanol–water partition coefficient (Wildman–Crippen LogP) is 4.91. The summed E-state index contributed by atoms with van der Waals surface area (Å²) in [6, 6.07) is 11.5. The molecular formula is C19H22BrNO3. The monoisotopic (exact) mass is 391 g/mol. The van der Waals surface area contributed by atoms with Gasteiger partial charge in [-0.05, 0) is 64.2 Å². The third kappa shape index (κ3) is 4.74. The molecule has 5 heteroatoms. The standard InChI is InChI=1S/C19H22BrNO3/c1-12(2)14-6-8-17(15(20)10-14)24-11-19(22)21-16-9-13(3)5-7-18(16)23-4/h5-10,12H,11H2,1-4H3,(H,21,22). The van der Waals surface area contributed by atoms with Gasteiger partial charge in [-0.2, -0.15) is 0 Å². The molecule has 0 aromatic heterocycles. The minimum atomic E-state index is -0.237. The first-order valence-corrected chi connectivity index (χ1v) is 8.56. The van der Waals surface area contributed by atoms with Gasteiger partial charge in [-0.1, -0.05) is 26.0 Å². The van der Waals surface area contributed by atoms with Gasteiger partial charge in [0.2, 0.25) is 0 Å². The summed E-state index contributed by atoms with van der Waals surface area (Å²) in [6.07, 6.45) is 0. The largest absolute Gasteiger partial charge is 0.495 e. The van der Waals surface area contributed by atoms with Gasteiger partial charge in [0.05, 0.1) is 17.3 Å². The molecule has 4 nitrogen and oxygen atoms in total. The molecule has 0 aliphatic rings. The van der Waals surface area contributed by atoms with Crippen LogP contribution in [0, 0.1) is 6.92 Å². The fraction of sp³-hybridized carbons (Fsp3) is 0.316. The van der Waals surface area contributed by atoms with Crippen molar-refractivity contribution in [3.8, 4) is 11.5 Å². The number of benzene rings is 2. The Balaban J connectivity index is 2.00. The SMILES string of the molecule is COc1ccc(C)cc1NC(=O)COc1ccc(C(C)C)cc1Br. The molecule has 0 atom stereocenters. The van der Waals surface area contributed by atoms with E-state index in [1.807, 2.05) is 43.3 Å². The lowest BCUT2D eigenvalue weighted by atomic mass is 10.0. The van der Waals surface area contributed by atoms with Crippen molar-refractivity contribution >= 4 is 27.5 Å². The average Bonchev–Trinajstić information content (AvgIpc) is 2.53. The number of ether oxygens (including phenoxy) is 2. The molecule has 0 unspecified atom stereocenters. The zero-order valence-electron chi connectivity index (χ0n) is 14.4. The van der Waals surface area contributed by atoms with Crippen LogP contribution in [0.1, 0.15) is 30.9 Å². The molecule has 128 valence electrons. The Kier molecular flexibility index (Phi) is 6.26. The van der Waals surface area contributed by atoms with E-state index in [4.69, 9.17) is 9.47 Å². The Morgan fingerprint density at radius 1 is 1.17 bits per heavy atom. The molecule has 2 rings (SSSR count). The quantitative estimate of drug-likeness (QED) is 0.760. The highest BCUT2D eigenvalue weighted by atomic mass is 79.9. The molecule has 2 aromatic carbocycles. The van der Waals surface area contributed by atoms with Crippen LogP contribution < -0.4 is 14.8 Å². The lowest BCUT2D eigenvalue weighted by Crippen LogP contribution is -2.20. The Bertz CT molecular complexity index is 729. The van der Waals surface area contributed by atoms with Gasteiger partial charge in [-0.3, -0.25) is 4.79 Å². The van der Waals surface area contributed by atoms with Gasteiger partial charge in [0, 0.05) is 0 Å². The van der Waals surface area contributed by atoms with Crippen molar-refractivity contribution in [3.63, 3.8) is 0 Å². The number of rotatable bonds is 6. The van der Waals surface area contributed by atoms with E-state index in [1.54, 1.807) is 7.11 Å². The van der Waals surface area contributed by atoms with Crippen LogP contribution in [0.15, 0.2) is 40.9 Å². The fourth-order valence-electron chi connectivity index (χ4n) is 2.24. The maximum atomic E-state index is 12.1. The van der Waals surface area contributed by atoms with E-state index < -0.39 is 0 Å². The van der Waals surface area contributed by atoms with Crippen molar-refractivity contribution in [1.29, 1.82) is 0 Å². The predicted molar refractivity (Wildman–Crippen MR) is 100 cm³/mol. The summed E-state index contributed by atoms with van der Waals surface area (Å²) in [7, 11) is 1.57. The van der Waals surface area contributed by atoms with Gasteiger partial charge in [0.15, 0.2) is 6.61 Å². The molecule has 0 bridgehead atoms. The van der Waals surface area contributed by atoms with E-state index in [1.165, 1.54) is 5.56 Å². The van der Waals surface area contributed by atoms with Gasteiger partial charge in [0.25, 0.3) is 5.91 Å². The second-order valence-corrected chi connectivity index (χ2v) is 6.74. The number of carbonyl (C=O) groups excluding carboxylic acids is 1. The number of carbonyl (C=O) groups is 1. The fourth-order valence-corrected chi connectivity index (χ4v) is 2.75. The minimum Gasteiger partial charge on any atom is -0.495 e. The molecule has 0 saturated heterocycles. The minimum absolute atomic E-state index is 0.0727. The zero-order chi connectivity index (χ0) is 17.7. The van der Waals surface area contributed by atoms with Gasteiger partial charge in [-0.15, -0.1) is 0 Å². The number of halogens is 1. The van der Waals surface area contributed by atoms with Crippen LogP contribution in [0.4, 0.5) is 5.69 Å². The van der Waals surface area contributed by atoms with Crippen molar-refractivity contribution in [1.82, 2.24) is 0 Å². The normalized spacial score (nSPS) is 10.6. The number of hydrogen-bond donors (Lipinski definition) is 1. The maximum absolute atomic E-state index is 12.1. The Morgan fingerprint density at radius 3 is 2.50 bits per heavy atom. The second kappa shape index (κ2) is 8.20. The van der Waals surface area contributed by atoms with Gasteiger partial charge < -0.3 is 14.8 Å². The topological polar surface area (TPSA) is 47.6 Å². The summed E-state index contributed by atoms with van der Waals surface area (Å²) < 4.78 is 11.7. The second-order valence-electron chi connectivity index (χ2n) is 5.89. The van der Waals surface area contributed by atoms with Crippen molar-refractivity contribution in [2.75, 3.05) is 19.0 Å². The van der Waals surface area contributed by atoms with Crippen molar-refractivity contribution < 1.29 is 14.3 Å². The van der Waals surface area contributed by atoms with Crippen LogP contribution in [0.25, 0.3) is 0 Å². The molecule has 0 radical (unpaired) electrons. The van der Waals surface area contributed by atoms with E-state index in [2.05, 4.69) is 35.1 Å². The molecule has 1 N–H and O–H groups in total. The third-order valence-electron chi connectivity index (χ3n) is 3.61.